The molecule has 1 aromatic rings. The normalized spacial score (nSPS) is 9.69. The second-order valence-corrected chi connectivity index (χ2v) is 2.43. The van der Waals surface area contributed by atoms with Gasteiger partial charge in [0.1, 0.15) is 18.1 Å². The van der Waals surface area contributed by atoms with Gasteiger partial charge in [0.2, 0.25) is 0 Å². The van der Waals surface area contributed by atoms with Crippen molar-refractivity contribution in [2.75, 3.05) is 27.4 Å². The van der Waals surface area contributed by atoms with E-state index in [4.69, 9.17) is 14.2 Å². The molecule has 0 aromatic heterocycles. The van der Waals surface area contributed by atoms with E-state index in [1.54, 1.807) is 20.3 Å². The SMILES string of the molecule is COCCOc1c[c]c(OC)cc1. The van der Waals surface area contributed by atoms with Crippen molar-refractivity contribution in [3.63, 3.8) is 0 Å². The van der Waals surface area contributed by atoms with Crippen LogP contribution < -0.4 is 9.47 Å². The van der Waals surface area contributed by atoms with Crippen molar-refractivity contribution >= 4 is 0 Å². The molecule has 1 radical (unpaired) electrons. The molecule has 0 atom stereocenters. The summed E-state index contributed by atoms with van der Waals surface area (Å²) in [5, 5.41) is 0. The van der Waals surface area contributed by atoms with Gasteiger partial charge in [0, 0.05) is 13.2 Å². The number of ether oxygens (including phenoxy) is 3. The van der Waals surface area contributed by atoms with Crippen LogP contribution in [0.25, 0.3) is 0 Å². The topological polar surface area (TPSA) is 27.7 Å². The highest BCUT2D eigenvalue weighted by Gasteiger charge is 1.94. The molecule has 1 aromatic carbocycles. The maximum atomic E-state index is 5.33. The molecule has 13 heavy (non-hydrogen) atoms. The van der Waals surface area contributed by atoms with Crippen LogP contribution in [-0.2, 0) is 4.74 Å². The van der Waals surface area contributed by atoms with Crippen molar-refractivity contribution in [1.29, 1.82) is 0 Å². The van der Waals surface area contributed by atoms with Gasteiger partial charge in [-0.25, -0.2) is 0 Å². The van der Waals surface area contributed by atoms with E-state index >= 15 is 0 Å². The second kappa shape index (κ2) is 5.43. The number of hydrogen-bond acceptors (Lipinski definition) is 3. The minimum atomic E-state index is 0.552. The summed E-state index contributed by atoms with van der Waals surface area (Å²) in [5.74, 6) is 1.48. The van der Waals surface area contributed by atoms with Crippen LogP contribution in [-0.4, -0.2) is 27.4 Å². The van der Waals surface area contributed by atoms with Gasteiger partial charge in [-0.1, -0.05) is 0 Å². The lowest BCUT2D eigenvalue weighted by Gasteiger charge is -2.05. The van der Waals surface area contributed by atoms with Gasteiger partial charge in [0.25, 0.3) is 0 Å². The Kier molecular flexibility index (Phi) is 4.12. The smallest absolute Gasteiger partial charge is 0.127 e. The highest BCUT2D eigenvalue weighted by atomic mass is 16.5. The van der Waals surface area contributed by atoms with E-state index in [9.17, 15) is 0 Å². The summed E-state index contributed by atoms with van der Waals surface area (Å²) in [6, 6.07) is 8.32. The van der Waals surface area contributed by atoms with Gasteiger partial charge < -0.3 is 14.2 Å². The van der Waals surface area contributed by atoms with E-state index < -0.39 is 0 Å². The van der Waals surface area contributed by atoms with Gasteiger partial charge in [-0.3, -0.25) is 0 Å². The van der Waals surface area contributed by atoms with Gasteiger partial charge in [-0.15, -0.1) is 0 Å². The Morgan fingerprint density at radius 2 is 2.08 bits per heavy atom. The molecule has 0 amide bonds. The number of methoxy groups -OCH3 is 2. The number of hydrogen-bond donors (Lipinski definition) is 0. The molecule has 0 aliphatic rings. The van der Waals surface area contributed by atoms with Crippen LogP contribution in [0, 0.1) is 6.07 Å². The Balaban J connectivity index is 2.40. The molecule has 0 heterocycles. The molecular formula is C10H13O3. The van der Waals surface area contributed by atoms with Crippen molar-refractivity contribution in [3.05, 3.63) is 24.3 Å². The van der Waals surface area contributed by atoms with Crippen LogP contribution >= 0.6 is 0 Å². The third kappa shape index (κ3) is 3.34. The Bertz CT molecular complexity index is 230. The summed E-state index contributed by atoms with van der Waals surface area (Å²) >= 11 is 0. The standard InChI is InChI=1S/C10H13O3/c1-11-7-8-13-10-5-3-9(12-2)4-6-10/h3,5-6H,7-8H2,1-2H3. The van der Waals surface area contributed by atoms with Crippen molar-refractivity contribution in [1.82, 2.24) is 0 Å². The van der Waals surface area contributed by atoms with Crippen LogP contribution in [0.1, 0.15) is 0 Å². The van der Waals surface area contributed by atoms with Gasteiger partial charge in [0.05, 0.1) is 13.7 Å². The monoisotopic (exact) mass is 181 g/mol. The van der Waals surface area contributed by atoms with Crippen LogP contribution in [0.2, 0.25) is 0 Å². The zero-order chi connectivity index (χ0) is 9.52. The first kappa shape index (κ1) is 9.86. The molecule has 0 fully saturated rings. The highest BCUT2D eigenvalue weighted by Crippen LogP contribution is 2.15. The number of rotatable bonds is 5. The second-order valence-electron chi connectivity index (χ2n) is 2.43. The zero-order valence-electron chi connectivity index (χ0n) is 7.87. The lowest BCUT2D eigenvalue weighted by atomic mass is 10.3. The summed E-state index contributed by atoms with van der Waals surface area (Å²) in [6.07, 6.45) is 0. The third-order valence-corrected chi connectivity index (χ3v) is 1.53. The Hall–Kier alpha value is -1.22. The van der Waals surface area contributed by atoms with Crippen LogP contribution in [0.4, 0.5) is 0 Å². The van der Waals surface area contributed by atoms with Crippen molar-refractivity contribution in [3.8, 4) is 11.5 Å². The molecule has 0 spiro atoms. The molecule has 0 saturated heterocycles. The first-order valence-corrected chi connectivity index (χ1v) is 4.04. The van der Waals surface area contributed by atoms with E-state index in [1.807, 2.05) is 12.1 Å². The van der Waals surface area contributed by atoms with Gasteiger partial charge >= 0.3 is 0 Å². The molecule has 71 valence electrons. The summed E-state index contributed by atoms with van der Waals surface area (Å²) in [7, 11) is 3.25. The first-order valence-electron chi connectivity index (χ1n) is 4.04. The lowest BCUT2D eigenvalue weighted by Crippen LogP contribution is -2.03. The zero-order valence-corrected chi connectivity index (χ0v) is 7.87. The minimum Gasteiger partial charge on any atom is -0.496 e. The van der Waals surface area contributed by atoms with E-state index in [2.05, 4.69) is 6.07 Å². The van der Waals surface area contributed by atoms with Gasteiger partial charge in [-0.05, 0) is 18.2 Å². The molecule has 3 nitrogen and oxygen atoms in total. The average Bonchev–Trinajstić information content (AvgIpc) is 2.19. The van der Waals surface area contributed by atoms with Crippen LogP contribution in [0.15, 0.2) is 18.2 Å². The highest BCUT2D eigenvalue weighted by molar-refractivity contribution is 5.29. The van der Waals surface area contributed by atoms with Crippen molar-refractivity contribution in [2.45, 2.75) is 0 Å². The quantitative estimate of drug-likeness (QED) is 0.644. The summed E-state index contributed by atoms with van der Waals surface area (Å²) < 4.78 is 15.1. The Labute approximate surface area is 78.2 Å². The average molecular weight is 181 g/mol. The van der Waals surface area contributed by atoms with Gasteiger partial charge in [0.15, 0.2) is 0 Å². The molecule has 0 aliphatic heterocycles. The molecule has 0 N–H and O–H groups in total. The molecule has 3 heteroatoms. The van der Waals surface area contributed by atoms with E-state index in [0.717, 1.165) is 5.75 Å². The maximum absolute atomic E-state index is 5.33. The lowest BCUT2D eigenvalue weighted by molar-refractivity contribution is 0.146. The van der Waals surface area contributed by atoms with E-state index in [-0.39, 0.29) is 0 Å². The summed E-state index contributed by atoms with van der Waals surface area (Å²) in [4.78, 5) is 0. The fourth-order valence-corrected chi connectivity index (χ4v) is 0.856. The maximum Gasteiger partial charge on any atom is 0.127 e. The summed E-state index contributed by atoms with van der Waals surface area (Å²) in [5.41, 5.74) is 0. The van der Waals surface area contributed by atoms with Crippen LogP contribution in [0.3, 0.4) is 0 Å². The predicted octanol–water partition coefficient (Wildman–Crippen LogP) is 1.52. The van der Waals surface area contributed by atoms with Crippen LogP contribution in [0.5, 0.6) is 11.5 Å². The molecule has 0 aliphatic carbocycles. The predicted molar refractivity (Wildman–Crippen MR) is 49.2 cm³/mol. The first-order chi connectivity index (χ1) is 6.36. The fraction of sp³-hybridized carbons (Fsp3) is 0.400. The van der Waals surface area contributed by atoms with E-state index in [1.165, 1.54) is 0 Å². The molecule has 0 unspecified atom stereocenters. The summed E-state index contributed by atoms with van der Waals surface area (Å²) in [6.45, 7) is 1.14. The van der Waals surface area contributed by atoms with Crippen molar-refractivity contribution < 1.29 is 14.2 Å². The number of benzene rings is 1. The Morgan fingerprint density at radius 3 is 2.62 bits per heavy atom. The largest absolute Gasteiger partial charge is 0.496 e. The van der Waals surface area contributed by atoms with E-state index in [0.29, 0.717) is 19.0 Å². The van der Waals surface area contributed by atoms with Crippen molar-refractivity contribution in [2.24, 2.45) is 0 Å². The minimum absolute atomic E-state index is 0.552. The molecular weight excluding hydrogens is 168 g/mol. The fourth-order valence-electron chi connectivity index (χ4n) is 0.856. The molecule has 1 rings (SSSR count). The Morgan fingerprint density at radius 1 is 1.23 bits per heavy atom. The van der Waals surface area contributed by atoms with Gasteiger partial charge in [-0.2, -0.15) is 0 Å². The third-order valence-electron chi connectivity index (χ3n) is 1.53. The molecule has 0 saturated carbocycles. The molecule has 0 bridgehead atoms.